The number of methoxy groups -OCH3 is 2. The Kier molecular flexibility index (Phi) is 5.21. The average Bonchev–Trinajstić information content (AvgIpc) is 2.35. The second-order valence-electron chi connectivity index (χ2n) is 5.14. The third-order valence-electron chi connectivity index (χ3n) is 2.31. The first-order valence-electron chi connectivity index (χ1n) is 6.13. The fourth-order valence-corrected chi connectivity index (χ4v) is 2.38. The fraction of sp³-hybridized carbons (Fsp3) is 0.357. The van der Waals surface area contributed by atoms with Gasteiger partial charge in [-0.25, -0.2) is 4.79 Å². The number of ether oxygens (including phenoxy) is 2. The smallest absolute Gasteiger partial charge is 0.328 e. The Morgan fingerprint density at radius 1 is 1.15 bits per heavy atom. The van der Waals surface area contributed by atoms with E-state index >= 15 is 0 Å². The van der Waals surface area contributed by atoms with Crippen LogP contribution in [0.5, 0.6) is 17.2 Å². The van der Waals surface area contributed by atoms with Crippen LogP contribution in [0.25, 0.3) is 6.08 Å². The molecule has 0 aliphatic heterocycles. The van der Waals surface area contributed by atoms with Gasteiger partial charge in [-0.3, -0.25) is 0 Å². The van der Waals surface area contributed by atoms with Crippen LogP contribution < -0.4 is 13.9 Å². The summed E-state index contributed by atoms with van der Waals surface area (Å²) in [5, 5.41) is 8.67. The van der Waals surface area contributed by atoms with Crippen molar-refractivity contribution in [3.05, 3.63) is 23.8 Å². The normalized spacial score (nSPS) is 11.4. The first kappa shape index (κ1) is 16.1. The van der Waals surface area contributed by atoms with Crippen molar-refractivity contribution in [2.75, 3.05) is 14.2 Å². The number of hydrogen-bond donors (Lipinski definition) is 1. The van der Waals surface area contributed by atoms with Crippen LogP contribution in [0, 0.1) is 0 Å². The van der Waals surface area contributed by atoms with E-state index in [0.717, 1.165) is 6.08 Å². The van der Waals surface area contributed by atoms with Crippen LogP contribution in [0.3, 0.4) is 0 Å². The van der Waals surface area contributed by atoms with Crippen molar-refractivity contribution >= 4 is 20.4 Å². The van der Waals surface area contributed by atoms with Gasteiger partial charge in [0.1, 0.15) is 0 Å². The highest BCUT2D eigenvalue weighted by Crippen LogP contribution is 2.40. The molecule has 0 bridgehead atoms. The van der Waals surface area contributed by atoms with Crippen LogP contribution in [0.1, 0.15) is 5.56 Å². The highest BCUT2D eigenvalue weighted by molar-refractivity contribution is 6.70. The largest absolute Gasteiger partial charge is 0.539 e. The van der Waals surface area contributed by atoms with E-state index in [1.807, 2.05) is 0 Å². The lowest BCUT2D eigenvalue weighted by Gasteiger charge is -2.23. The Balaban J connectivity index is 3.28. The van der Waals surface area contributed by atoms with E-state index in [1.54, 1.807) is 12.1 Å². The minimum absolute atomic E-state index is 0.525. The van der Waals surface area contributed by atoms with Gasteiger partial charge in [0.25, 0.3) is 0 Å². The van der Waals surface area contributed by atoms with Gasteiger partial charge in [-0.15, -0.1) is 0 Å². The molecule has 0 aromatic heterocycles. The molecular formula is C14H20O5Si. The molecule has 0 aliphatic carbocycles. The molecule has 1 aromatic rings. The summed E-state index contributed by atoms with van der Waals surface area (Å²) >= 11 is 0. The van der Waals surface area contributed by atoms with Gasteiger partial charge in [0.2, 0.25) is 8.32 Å². The van der Waals surface area contributed by atoms with Crippen LogP contribution in [-0.4, -0.2) is 33.6 Å². The number of carbonyl (C=O) groups is 1. The van der Waals surface area contributed by atoms with Crippen molar-refractivity contribution in [1.82, 2.24) is 0 Å². The summed E-state index contributed by atoms with van der Waals surface area (Å²) in [4.78, 5) is 10.6. The van der Waals surface area contributed by atoms with Crippen LogP contribution in [0.15, 0.2) is 18.2 Å². The van der Waals surface area contributed by atoms with E-state index in [0.29, 0.717) is 22.8 Å². The van der Waals surface area contributed by atoms with Crippen molar-refractivity contribution in [2.24, 2.45) is 0 Å². The van der Waals surface area contributed by atoms with Gasteiger partial charge in [-0.05, 0) is 43.4 Å². The Bertz CT molecular complexity index is 492. The lowest BCUT2D eigenvalue weighted by atomic mass is 10.1. The van der Waals surface area contributed by atoms with E-state index in [9.17, 15) is 4.79 Å². The van der Waals surface area contributed by atoms with Crippen LogP contribution in [-0.2, 0) is 4.79 Å². The SMILES string of the molecule is COc1cc(/C=C/C(=O)O)cc(OC)c1O[Si](C)(C)C. The lowest BCUT2D eigenvalue weighted by molar-refractivity contribution is -0.131. The zero-order valence-electron chi connectivity index (χ0n) is 12.4. The monoisotopic (exact) mass is 296 g/mol. The zero-order valence-corrected chi connectivity index (χ0v) is 13.4. The summed E-state index contributed by atoms with van der Waals surface area (Å²) in [5.74, 6) is 0.598. The Morgan fingerprint density at radius 3 is 2.00 bits per heavy atom. The van der Waals surface area contributed by atoms with E-state index in [-0.39, 0.29) is 0 Å². The second-order valence-corrected chi connectivity index (χ2v) is 9.57. The third kappa shape index (κ3) is 4.62. The van der Waals surface area contributed by atoms with Crippen molar-refractivity contribution in [1.29, 1.82) is 0 Å². The number of rotatable bonds is 6. The van der Waals surface area contributed by atoms with E-state index in [4.69, 9.17) is 19.0 Å². The highest BCUT2D eigenvalue weighted by atomic mass is 28.4. The molecule has 20 heavy (non-hydrogen) atoms. The third-order valence-corrected chi connectivity index (χ3v) is 3.13. The molecule has 0 saturated heterocycles. The van der Waals surface area contributed by atoms with Crippen molar-refractivity contribution in [3.8, 4) is 17.2 Å². The maximum absolute atomic E-state index is 10.6. The topological polar surface area (TPSA) is 65.0 Å². The summed E-state index contributed by atoms with van der Waals surface area (Å²) in [6.45, 7) is 6.18. The Morgan fingerprint density at radius 2 is 1.65 bits per heavy atom. The number of benzene rings is 1. The Hall–Kier alpha value is -1.95. The predicted molar refractivity (Wildman–Crippen MR) is 80.2 cm³/mol. The first-order chi connectivity index (χ1) is 9.26. The van der Waals surface area contributed by atoms with Crippen molar-refractivity contribution in [2.45, 2.75) is 19.6 Å². The Labute approximate surface area is 119 Å². The van der Waals surface area contributed by atoms with Gasteiger partial charge < -0.3 is 19.0 Å². The molecule has 0 unspecified atom stereocenters. The van der Waals surface area contributed by atoms with Crippen molar-refractivity contribution < 1.29 is 23.8 Å². The maximum atomic E-state index is 10.6. The molecule has 1 rings (SSSR count). The average molecular weight is 296 g/mol. The summed E-state index contributed by atoms with van der Waals surface area (Å²) < 4.78 is 16.6. The number of aliphatic carboxylic acids is 1. The molecule has 5 nitrogen and oxygen atoms in total. The number of carboxylic acids is 1. The number of carboxylic acid groups (broad SMARTS) is 1. The molecule has 0 radical (unpaired) electrons. The molecule has 6 heteroatoms. The molecule has 110 valence electrons. The van der Waals surface area contributed by atoms with Gasteiger partial charge >= 0.3 is 5.97 Å². The summed E-state index contributed by atoms with van der Waals surface area (Å²) in [6.07, 6.45) is 2.54. The van der Waals surface area contributed by atoms with Crippen LogP contribution in [0.2, 0.25) is 19.6 Å². The molecular weight excluding hydrogens is 276 g/mol. The molecule has 0 heterocycles. The second kappa shape index (κ2) is 6.47. The van der Waals surface area contributed by atoms with Crippen LogP contribution >= 0.6 is 0 Å². The number of hydrogen-bond acceptors (Lipinski definition) is 4. The van der Waals surface area contributed by atoms with Gasteiger partial charge in [0.15, 0.2) is 17.2 Å². The van der Waals surface area contributed by atoms with Crippen molar-refractivity contribution in [3.63, 3.8) is 0 Å². The predicted octanol–water partition coefficient (Wildman–Crippen LogP) is 3.02. The summed E-state index contributed by atoms with van der Waals surface area (Å²) in [5.41, 5.74) is 0.670. The zero-order chi connectivity index (χ0) is 15.3. The lowest BCUT2D eigenvalue weighted by Crippen LogP contribution is -2.29. The summed E-state index contributed by atoms with van der Waals surface area (Å²) in [7, 11) is 1.26. The van der Waals surface area contributed by atoms with Gasteiger partial charge in [-0.1, -0.05) is 0 Å². The van der Waals surface area contributed by atoms with E-state index < -0.39 is 14.3 Å². The molecule has 1 aromatic carbocycles. The minimum atomic E-state index is -1.82. The van der Waals surface area contributed by atoms with Crippen LogP contribution in [0.4, 0.5) is 0 Å². The molecule has 1 N–H and O–H groups in total. The van der Waals surface area contributed by atoms with E-state index in [2.05, 4.69) is 19.6 Å². The molecule has 0 saturated carbocycles. The van der Waals surface area contributed by atoms with Gasteiger partial charge in [0, 0.05) is 6.08 Å². The quantitative estimate of drug-likeness (QED) is 0.645. The highest BCUT2D eigenvalue weighted by Gasteiger charge is 2.22. The molecule has 0 atom stereocenters. The maximum Gasteiger partial charge on any atom is 0.328 e. The first-order valence-corrected chi connectivity index (χ1v) is 9.53. The molecule has 0 fully saturated rings. The molecule has 0 aliphatic rings. The fourth-order valence-electron chi connectivity index (χ4n) is 1.57. The van der Waals surface area contributed by atoms with Gasteiger partial charge in [-0.2, -0.15) is 0 Å². The van der Waals surface area contributed by atoms with Gasteiger partial charge in [0.05, 0.1) is 14.2 Å². The molecule has 0 amide bonds. The minimum Gasteiger partial charge on any atom is -0.539 e. The van der Waals surface area contributed by atoms with E-state index in [1.165, 1.54) is 20.3 Å². The molecule has 0 spiro atoms. The summed E-state index contributed by atoms with van der Waals surface area (Å²) in [6, 6.07) is 3.44. The standard InChI is InChI=1S/C14H20O5Si/c1-17-11-8-10(6-7-13(15)16)9-12(18-2)14(11)19-20(3,4)5/h6-9H,1-5H3,(H,15,16)/b7-6+.